The van der Waals surface area contributed by atoms with Crippen LogP contribution in [0.2, 0.25) is 0 Å². The SMILES string of the molecule is CNC(C)C(=O)NCc1cc[nH]c1. The lowest BCUT2D eigenvalue weighted by Crippen LogP contribution is -2.39. The molecule has 1 amide bonds. The summed E-state index contributed by atoms with van der Waals surface area (Å²) in [6, 6.07) is 1.79. The Kier molecular flexibility index (Phi) is 3.52. The molecule has 1 atom stereocenters. The Balaban J connectivity index is 2.31. The van der Waals surface area contributed by atoms with E-state index in [1.54, 1.807) is 7.05 Å². The summed E-state index contributed by atoms with van der Waals surface area (Å²) in [5.41, 5.74) is 1.08. The highest BCUT2D eigenvalue weighted by Gasteiger charge is 2.08. The van der Waals surface area contributed by atoms with Gasteiger partial charge in [0.25, 0.3) is 0 Å². The van der Waals surface area contributed by atoms with Crippen LogP contribution in [0.3, 0.4) is 0 Å². The van der Waals surface area contributed by atoms with E-state index < -0.39 is 0 Å². The predicted octanol–water partition coefficient (Wildman–Crippen LogP) is 0.239. The first-order valence-electron chi connectivity index (χ1n) is 4.30. The average molecular weight is 181 g/mol. The second-order valence-electron chi connectivity index (χ2n) is 2.95. The lowest BCUT2D eigenvalue weighted by molar-refractivity contribution is -0.122. The maximum atomic E-state index is 11.3. The summed E-state index contributed by atoms with van der Waals surface area (Å²) in [4.78, 5) is 14.2. The van der Waals surface area contributed by atoms with E-state index in [1.165, 1.54) is 0 Å². The zero-order valence-electron chi connectivity index (χ0n) is 7.92. The molecule has 0 aliphatic heterocycles. The molecule has 0 bridgehead atoms. The molecule has 72 valence electrons. The van der Waals surface area contributed by atoms with Crippen molar-refractivity contribution in [3.8, 4) is 0 Å². The molecule has 3 N–H and O–H groups in total. The normalized spacial score (nSPS) is 12.5. The Morgan fingerprint density at radius 1 is 1.69 bits per heavy atom. The van der Waals surface area contributed by atoms with Crippen LogP contribution >= 0.6 is 0 Å². The van der Waals surface area contributed by atoms with Gasteiger partial charge in [-0.2, -0.15) is 0 Å². The molecule has 4 heteroatoms. The Morgan fingerprint density at radius 2 is 2.46 bits per heavy atom. The summed E-state index contributed by atoms with van der Waals surface area (Å²) in [5, 5.41) is 5.69. The second kappa shape index (κ2) is 4.67. The number of aromatic nitrogens is 1. The van der Waals surface area contributed by atoms with Crippen molar-refractivity contribution in [1.82, 2.24) is 15.6 Å². The van der Waals surface area contributed by atoms with Crippen LogP contribution in [0.1, 0.15) is 12.5 Å². The molecule has 0 saturated heterocycles. The standard InChI is InChI=1S/C9H15N3O/c1-7(10-2)9(13)12-6-8-3-4-11-5-8/h3-5,7,10-11H,6H2,1-2H3,(H,12,13). The van der Waals surface area contributed by atoms with Crippen molar-refractivity contribution < 1.29 is 4.79 Å². The molecule has 1 aromatic rings. The first-order valence-corrected chi connectivity index (χ1v) is 4.30. The summed E-state index contributed by atoms with van der Waals surface area (Å²) in [7, 11) is 1.76. The fourth-order valence-electron chi connectivity index (χ4n) is 0.942. The summed E-state index contributed by atoms with van der Waals surface area (Å²) < 4.78 is 0. The maximum absolute atomic E-state index is 11.3. The summed E-state index contributed by atoms with van der Waals surface area (Å²) in [5.74, 6) is 0.0173. The Hall–Kier alpha value is -1.29. The number of amides is 1. The van der Waals surface area contributed by atoms with Crippen LogP contribution in [0, 0.1) is 0 Å². The summed E-state index contributed by atoms with van der Waals surface area (Å²) in [6.45, 7) is 2.40. The predicted molar refractivity (Wildman–Crippen MR) is 51.2 cm³/mol. The molecule has 0 aliphatic carbocycles. The fourth-order valence-corrected chi connectivity index (χ4v) is 0.942. The molecule has 0 aliphatic rings. The third kappa shape index (κ3) is 2.91. The van der Waals surface area contributed by atoms with E-state index >= 15 is 0 Å². The van der Waals surface area contributed by atoms with Gasteiger partial charge in [-0.05, 0) is 25.6 Å². The molecule has 0 radical (unpaired) electrons. The van der Waals surface area contributed by atoms with E-state index in [0.717, 1.165) is 5.56 Å². The van der Waals surface area contributed by atoms with Gasteiger partial charge in [-0.15, -0.1) is 0 Å². The van der Waals surface area contributed by atoms with Gasteiger partial charge in [0, 0.05) is 18.9 Å². The highest BCUT2D eigenvalue weighted by molar-refractivity contribution is 5.81. The maximum Gasteiger partial charge on any atom is 0.237 e. The molecule has 0 aromatic carbocycles. The number of nitrogens with one attached hydrogen (secondary N) is 3. The quantitative estimate of drug-likeness (QED) is 0.623. The minimum atomic E-state index is -0.140. The van der Waals surface area contributed by atoms with Crippen LogP contribution < -0.4 is 10.6 Å². The van der Waals surface area contributed by atoms with Gasteiger partial charge in [-0.3, -0.25) is 4.79 Å². The Labute approximate surface area is 77.7 Å². The van der Waals surface area contributed by atoms with Crippen molar-refractivity contribution in [2.75, 3.05) is 7.05 Å². The van der Waals surface area contributed by atoms with E-state index in [-0.39, 0.29) is 11.9 Å². The molecule has 1 aromatic heterocycles. The van der Waals surface area contributed by atoms with E-state index in [2.05, 4.69) is 15.6 Å². The van der Waals surface area contributed by atoms with Gasteiger partial charge in [0.15, 0.2) is 0 Å². The third-order valence-electron chi connectivity index (χ3n) is 1.96. The number of rotatable bonds is 4. The van der Waals surface area contributed by atoms with Gasteiger partial charge in [-0.25, -0.2) is 0 Å². The molecule has 4 nitrogen and oxygen atoms in total. The topological polar surface area (TPSA) is 56.9 Å². The molecular formula is C9H15N3O. The van der Waals surface area contributed by atoms with Crippen molar-refractivity contribution in [2.24, 2.45) is 0 Å². The first kappa shape index (κ1) is 9.80. The van der Waals surface area contributed by atoms with Crippen molar-refractivity contribution in [3.05, 3.63) is 24.0 Å². The second-order valence-corrected chi connectivity index (χ2v) is 2.95. The third-order valence-corrected chi connectivity index (χ3v) is 1.96. The van der Waals surface area contributed by atoms with Crippen LogP contribution in [-0.2, 0) is 11.3 Å². The monoisotopic (exact) mass is 181 g/mol. The van der Waals surface area contributed by atoms with E-state index in [4.69, 9.17) is 0 Å². The van der Waals surface area contributed by atoms with Crippen LogP contribution in [0.15, 0.2) is 18.5 Å². The lowest BCUT2D eigenvalue weighted by Gasteiger charge is -2.09. The van der Waals surface area contributed by atoms with Crippen molar-refractivity contribution in [3.63, 3.8) is 0 Å². The molecule has 1 unspecified atom stereocenters. The van der Waals surface area contributed by atoms with Crippen LogP contribution in [0.4, 0.5) is 0 Å². The van der Waals surface area contributed by atoms with Crippen LogP contribution in [0.5, 0.6) is 0 Å². The van der Waals surface area contributed by atoms with E-state index in [1.807, 2.05) is 25.4 Å². The minimum Gasteiger partial charge on any atom is -0.367 e. The van der Waals surface area contributed by atoms with Gasteiger partial charge < -0.3 is 15.6 Å². The number of aromatic amines is 1. The largest absolute Gasteiger partial charge is 0.367 e. The number of likely N-dealkylation sites (N-methyl/N-ethyl adjacent to an activating group) is 1. The van der Waals surface area contributed by atoms with Gasteiger partial charge in [0.1, 0.15) is 0 Å². The molecule has 1 rings (SSSR count). The number of carbonyl (C=O) groups excluding carboxylic acids is 1. The zero-order chi connectivity index (χ0) is 9.68. The van der Waals surface area contributed by atoms with Crippen LogP contribution in [0.25, 0.3) is 0 Å². The molecule has 0 spiro atoms. The number of H-pyrrole nitrogens is 1. The smallest absolute Gasteiger partial charge is 0.237 e. The van der Waals surface area contributed by atoms with Crippen molar-refractivity contribution in [2.45, 2.75) is 19.5 Å². The minimum absolute atomic E-state index is 0.0173. The van der Waals surface area contributed by atoms with Gasteiger partial charge in [-0.1, -0.05) is 0 Å². The molecule has 0 saturated carbocycles. The summed E-state index contributed by atoms with van der Waals surface area (Å²) in [6.07, 6.45) is 3.70. The van der Waals surface area contributed by atoms with Gasteiger partial charge >= 0.3 is 0 Å². The molecule has 13 heavy (non-hydrogen) atoms. The highest BCUT2D eigenvalue weighted by Crippen LogP contribution is 1.95. The number of hydrogen-bond donors (Lipinski definition) is 3. The Bertz CT molecular complexity index is 256. The molecular weight excluding hydrogens is 166 g/mol. The van der Waals surface area contributed by atoms with Crippen molar-refractivity contribution >= 4 is 5.91 Å². The van der Waals surface area contributed by atoms with Gasteiger partial charge in [0.05, 0.1) is 6.04 Å². The van der Waals surface area contributed by atoms with E-state index in [0.29, 0.717) is 6.54 Å². The fraction of sp³-hybridized carbons (Fsp3) is 0.444. The first-order chi connectivity index (χ1) is 6.24. The number of carbonyl (C=O) groups is 1. The Morgan fingerprint density at radius 3 is 3.00 bits per heavy atom. The summed E-state index contributed by atoms with van der Waals surface area (Å²) >= 11 is 0. The molecule has 1 heterocycles. The lowest BCUT2D eigenvalue weighted by atomic mass is 10.3. The van der Waals surface area contributed by atoms with Gasteiger partial charge in [0.2, 0.25) is 5.91 Å². The zero-order valence-corrected chi connectivity index (χ0v) is 7.92. The average Bonchev–Trinajstić information content (AvgIpc) is 2.65. The molecule has 0 fully saturated rings. The number of hydrogen-bond acceptors (Lipinski definition) is 2. The highest BCUT2D eigenvalue weighted by atomic mass is 16.2. The van der Waals surface area contributed by atoms with Crippen molar-refractivity contribution in [1.29, 1.82) is 0 Å². The van der Waals surface area contributed by atoms with Crippen LogP contribution in [-0.4, -0.2) is 24.0 Å². The van der Waals surface area contributed by atoms with E-state index in [9.17, 15) is 4.79 Å².